The molecule has 1 aromatic rings. The van der Waals surface area contributed by atoms with E-state index in [4.69, 9.17) is 10.2 Å². The van der Waals surface area contributed by atoms with Gasteiger partial charge in [0.25, 0.3) is 0 Å². The highest BCUT2D eigenvalue weighted by atomic mass is 16.4. The predicted molar refractivity (Wildman–Crippen MR) is 50.5 cm³/mol. The Morgan fingerprint density at radius 1 is 1.38 bits per heavy atom. The van der Waals surface area contributed by atoms with E-state index in [0.29, 0.717) is 11.9 Å². The van der Waals surface area contributed by atoms with Gasteiger partial charge in [-0.15, -0.1) is 5.10 Å². The molecule has 0 bridgehead atoms. The van der Waals surface area contributed by atoms with Crippen molar-refractivity contribution in [3.63, 3.8) is 0 Å². The zero-order valence-electron chi connectivity index (χ0n) is 8.32. The number of hydrogen-bond donors (Lipinski definition) is 1. The van der Waals surface area contributed by atoms with Gasteiger partial charge in [-0.25, -0.2) is 0 Å². The van der Waals surface area contributed by atoms with Gasteiger partial charge in [0.05, 0.1) is 6.04 Å². The van der Waals surface area contributed by atoms with Gasteiger partial charge in [-0.2, -0.15) is 0 Å². The van der Waals surface area contributed by atoms with Crippen LogP contribution in [0.3, 0.4) is 0 Å². The fraction of sp³-hybridized carbons (Fsp3) is 0.750. The largest absolute Gasteiger partial charge is 0.406 e. The third-order valence-corrected chi connectivity index (χ3v) is 1.85. The first kappa shape index (κ1) is 9.98. The second-order valence-corrected chi connectivity index (χ2v) is 2.88. The van der Waals surface area contributed by atoms with E-state index in [0.717, 1.165) is 13.1 Å². The molecule has 5 nitrogen and oxygen atoms in total. The van der Waals surface area contributed by atoms with E-state index >= 15 is 0 Å². The quantitative estimate of drug-likeness (QED) is 0.754. The summed E-state index contributed by atoms with van der Waals surface area (Å²) in [4.78, 5) is 1.98. The van der Waals surface area contributed by atoms with Gasteiger partial charge in [-0.1, -0.05) is 5.10 Å². The molecule has 0 saturated carbocycles. The van der Waals surface area contributed by atoms with Crippen LogP contribution >= 0.6 is 0 Å². The van der Waals surface area contributed by atoms with Crippen LogP contribution < -0.4 is 10.6 Å². The van der Waals surface area contributed by atoms with Crippen molar-refractivity contribution in [2.75, 3.05) is 18.0 Å². The van der Waals surface area contributed by atoms with Crippen LogP contribution in [0.2, 0.25) is 0 Å². The molecule has 0 saturated heterocycles. The van der Waals surface area contributed by atoms with Crippen LogP contribution in [0.5, 0.6) is 0 Å². The zero-order chi connectivity index (χ0) is 9.84. The van der Waals surface area contributed by atoms with Gasteiger partial charge >= 0.3 is 6.01 Å². The van der Waals surface area contributed by atoms with Crippen molar-refractivity contribution in [2.24, 2.45) is 5.73 Å². The van der Waals surface area contributed by atoms with Crippen molar-refractivity contribution in [3.8, 4) is 0 Å². The molecule has 1 heterocycles. The first-order valence-electron chi connectivity index (χ1n) is 4.53. The zero-order valence-corrected chi connectivity index (χ0v) is 8.32. The SMILES string of the molecule is CCN(CC)c1nnc(C(C)N)o1. The average Bonchev–Trinajstić information content (AvgIpc) is 2.56. The second-order valence-electron chi connectivity index (χ2n) is 2.88. The number of rotatable bonds is 4. The molecule has 0 aliphatic heterocycles. The maximum Gasteiger partial charge on any atom is 0.318 e. The van der Waals surface area contributed by atoms with Crippen molar-refractivity contribution < 1.29 is 4.42 Å². The van der Waals surface area contributed by atoms with Crippen LogP contribution in [0.15, 0.2) is 4.42 Å². The van der Waals surface area contributed by atoms with Crippen molar-refractivity contribution in [2.45, 2.75) is 26.8 Å². The Morgan fingerprint density at radius 2 is 2.00 bits per heavy atom. The summed E-state index contributed by atoms with van der Waals surface area (Å²) in [7, 11) is 0. The molecule has 74 valence electrons. The van der Waals surface area contributed by atoms with E-state index in [9.17, 15) is 0 Å². The number of nitrogens with two attached hydrogens (primary N) is 1. The summed E-state index contributed by atoms with van der Waals surface area (Å²) in [5.74, 6) is 0.488. The lowest BCUT2D eigenvalue weighted by Gasteiger charge is -2.14. The minimum absolute atomic E-state index is 0.197. The molecule has 0 aliphatic carbocycles. The Morgan fingerprint density at radius 3 is 2.38 bits per heavy atom. The lowest BCUT2D eigenvalue weighted by molar-refractivity contribution is 0.458. The van der Waals surface area contributed by atoms with E-state index in [1.165, 1.54) is 0 Å². The summed E-state index contributed by atoms with van der Waals surface area (Å²) in [6.45, 7) is 7.62. The summed E-state index contributed by atoms with van der Waals surface area (Å²) in [6.07, 6.45) is 0. The van der Waals surface area contributed by atoms with Gasteiger partial charge in [0, 0.05) is 13.1 Å². The van der Waals surface area contributed by atoms with Crippen LogP contribution in [-0.4, -0.2) is 23.3 Å². The molecule has 1 rings (SSSR count). The van der Waals surface area contributed by atoms with Gasteiger partial charge in [0.1, 0.15) is 0 Å². The van der Waals surface area contributed by atoms with Gasteiger partial charge < -0.3 is 15.1 Å². The smallest absolute Gasteiger partial charge is 0.318 e. The Bertz CT molecular complexity index is 254. The maximum absolute atomic E-state index is 5.60. The van der Waals surface area contributed by atoms with Crippen molar-refractivity contribution in [1.82, 2.24) is 10.2 Å². The van der Waals surface area contributed by atoms with Crippen LogP contribution in [0.1, 0.15) is 32.7 Å². The van der Waals surface area contributed by atoms with E-state index < -0.39 is 0 Å². The highest BCUT2D eigenvalue weighted by Crippen LogP contribution is 2.14. The first-order valence-corrected chi connectivity index (χ1v) is 4.53. The molecule has 5 heteroatoms. The van der Waals surface area contributed by atoms with Crippen molar-refractivity contribution >= 4 is 6.01 Å². The molecule has 0 fully saturated rings. The molecule has 1 atom stereocenters. The van der Waals surface area contributed by atoms with Crippen LogP contribution in [0.4, 0.5) is 6.01 Å². The summed E-state index contributed by atoms with van der Waals surface area (Å²) in [5, 5.41) is 7.76. The molecule has 0 aliphatic rings. The van der Waals surface area contributed by atoms with Gasteiger partial charge in [0.2, 0.25) is 5.89 Å². The highest BCUT2D eigenvalue weighted by molar-refractivity contribution is 5.22. The van der Waals surface area contributed by atoms with Crippen molar-refractivity contribution in [3.05, 3.63) is 5.89 Å². The lowest BCUT2D eigenvalue weighted by atomic mass is 10.4. The normalized spacial score (nSPS) is 12.9. The second kappa shape index (κ2) is 4.23. The predicted octanol–water partition coefficient (Wildman–Crippen LogP) is 0.935. The topological polar surface area (TPSA) is 68.2 Å². The Labute approximate surface area is 77.9 Å². The fourth-order valence-electron chi connectivity index (χ4n) is 1.03. The summed E-state index contributed by atoms with van der Waals surface area (Å²) < 4.78 is 5.37. The number of anilines is 1. The molecule has 1 aromatic heterocycles. The molecule has 0 amide bonds. The lowest BCUT2D eigenvalue weighted by Crippen LogP contribution is -2.22. The van der Waals surface area contributed by atoms with Crippen molar-refractivity contribution in [1.29, 1.82) is 0 Å². The summed E-state index contributed by atoms with van der Waals surface area (Å²) in [6, 6.07) is 0.356. The molecule has 2 N–H and O–H groups in total. The molecular formula is C8H16N4O. The Kier molecular flexibility index (Phi) is 3.25. The highest BCUT2D eigenvalue weighted by Gasteiger charge is 2.13. The molecule has 13 heavy (non-hydrogen) atoms. The first-order chi connectivity index (χ1) is 6.19. The minimum Gasteiger partial charge on any atom is -0.406 e. The standard InChI is InChI=1S/C8H16N4O/c1-4-12(5-2)8-11-10-7(13-8)6(3)9/h6H,4-5,9H2,1-3H3. The molecular weight excluding hydrogens is 168 g/mol. The third-order valence-electron chi connectivity index (χ3n) is 1.85. The maximum atomic E-state index is 5.60. The van der Waals surface area contributed by atoms with Crippen LogP contribution in [-0.2, 0) is 0 Å². The van der Waals surface area contributed by atoms with E-state index in [-0.39, 0.29) is 6.04 Å². The monoisotopic (exact) mass is 184 g/mol. The number of aromatic nitrogens is 2. The molecule has 1 unspecified atom stereocenters. The van der Waals surface area contributed by atoms with E-state index in [2.05, 4.69) is 10.2 Å². The molecule has 0 radical (unpaired) electrons. The molecule has 0 spiro atoms. The fourth-order valence-corrected chi connectivity index (χ4v) is 1.03. The third kappa shape index (κ3) is 2.18. The van der Waals surface area contributed by atoms with Crippen LogP contribution in [0.25, 0.3) is 0 Å². The molecule has 0 aromatic carbocycles. The summed E-state index contributed by atoms with van der Waals surface area (Å²) in [5.41, 5.74) is 5.60. The summed E-state index contributed by atoms with van der Waals surface area (Å²) >= 11 is 0. The van der Waals surface area contributed by atoms with E-state index in [1.54, 1.807) is 0 Å². The Hall–Kier alpha value is -1.10. The van der Waals surface area contributed by atoms with Crippen LogP contribution in [0, 0.1) is 0 Å². The van der Waals surface area contributed by atoms with Gasteiger partial charge in [0.15, 0.2) is 0 Å². The average molecular weight is 184 g/mol. The Balaban J connectivity index is 2.78. The van der Waals surface area contributed by atoms with Gasteiger partial charge in [-0.05, 0) is 20.8 Å². The van der Waals surface area contributed by atoms with Gasteiger partial charge in [-0.3, -0.25) is 0 Å². The van der Waals surface area contributed by atoms with E-state index in [1.807, 2.05) is 25.7 Å². The minimum atomic E-state index is -0.197. The number of hydrogen-bond acceptors (Lipinski definition) is 5. The number of nitrogens with zero attached hydrogens (tertiary/aromatic N) is 3.